The molecule has 1 amide bonds. The summed E-state index contributed by atoms with van der Waals surface area (Å²) in [5, 5.41) is 2.86. The quantitative estimate of drug-likeness (QED) is 0.667. The molecular weight excluding hydrogens is 266 g/mol. The molecule has 0 atom stereocenters. The Morgan fingerprint density at radius 3 is 2.70 bits per heavy atom. The molecule has 0 unspecified atom stereocenters. The lowest BCUT2D eigenvalue weighted by Crippen LogP contribution is -2.07. The van der Waals surface area contributed by atoms with Crippen LogP contribution in [-0.2, 0) is 4.79 Å². The topological polar surface area (TPSA) is 29.1 Å². The zero-order chi connectivity index (χ0) is 14.4. The van der Waals surface area contributed by atoms with Gasteiger partial charge in [-0.15, -0.1) is 11.8 Å². The summed E-state index contributed by atoms with van der Waals surface area (Å²) in [7, 11) is 0. The Morgan fingerprint density at radius 1 is 1.15 bits per heavy atom. The van der Waals surface area contributed by atoms with E-state index in [0.29, 0.717) is 0 Å². The summed E-state index contributed by atoms with van der Waals surface area (Å²) in [5.74, 6) is -0.121. The maximum atomic E-state index is 11.9. The second-order valence-electron chi connectivity index (χ2n) is 4.47. The fourth-order valence-electron chi connectivity index (χ4n) is 1.83. The summed E-state index contributed by atoms with van der Waals surface area (Å²) in [4.78, 5) is 13.0. The number of rotatable bonds is 4. The lowest BCUT2D eigenvalue weighted by Gasteiger charge is -2.03. The Morgan fingerprint density at radius 2 is 1.95 bits per heavy atom. The normalized spacial score (nSPS) is 10.7. The van der Waals surface area contributed by atoms with Gasteiger partial charge in [0.25, 0.3) is 0 Å². The molecule has 102 valence electrons. The second-order valence-corrected chi connectivity index (χ2v) is 5.35. The average molecular weight is 283 g/mol. The SMILES string of the molecule is CSc1cccc(NC(=O)/C=C/c2cccc(C)c2)c1. The van der Waals surface area contributed by atoms with Crippen molar-refractivity contribution in [2.24, 2.45) is 0 Å². The monoisotopic (exact) mass is 283 g/mol. The van der Waals surface area contributed by atoms with Gasteiger partial charge in [-0.3, -0.25) is 4.79 Å². The third-order valence-electron chi connectivity index (χ3n) is 2.81. The van der Waals surface area contributed by atoms with Crippen molar-refractivity contribution in [2.45, 2.75) is 11.8 Å². The summed E-state index contributed by atoms with van der Waals surface area (Å²) in [5.41, 5.74) is 3.02. The van der Waals surface area contributed by atoms with Crippen LogP contribution < -0.4 is 5.32 Å². The number of carbonyl (C=O) groups excluding carboxylic acids is 1. The molecule has 0 heterocycles. The van der Waals surface area contributed by atoms with E-state index in [1.165, 1.54) is 5.56 Å². The Labute approximate surface area is 123 Å². The number of thioether (sulfide) groups is 1. The number of aryl methyl sites for hydroxylation is 1. The molecule has 0 saturated carbocycles. The maximum absolute atomic E-state index is 11.9. The Hall–Kier alpha value is -2.00. The number of nitrogens with one attached hydrogen (secondary N) is 1. The Balaban J connectivity index is 2.01. The number of benzene rings is 2. The lowest BCUT2D eigenvalue weighted by atomic mass is 10.1. The van der Waals surface area contributed by atoms with Crippen LogP contribution in [0.5, 0.6) is 0 Å². The molecular formula is C17H17NOS. The van der Waals surface area contributed by atoms with E-state index in [0.717, 1.165) is 16.1 Å². The van der Waals surface area contributed by atoms with E-state index in [2.05, 4.69) is 5.32 Å². The molecule has 2 nitrogen and oxygen atoms in total. The van der Waals surface area contributed by atoms with Gasteiger partial charge in [-0.05, 0) is 43.0 Å². The summed E-state index contributed by atoms with van der Waals surface area (Å²) in [6.07, 6.45) is 5.39. The molecule has 0 aliphatic rings. The summed E-state index contributed by atoms with van der Waals surface area (Å²) >= 11 is 1.65. The van der Waals surface area contributed by atoms with Crippen molar-refractivity contribution in [3.05, 3.63) is 65.7 Å². The number of amides is 1. The van der Waals surface area contributed by atoms with Gasteiger partial charge in [0.1, 0.15) is 0 Å². The molecule has 0 aliphatic carbocycles. The van der Waals surface area contributed by atoms with Crippen LogP contribution in [0.25, 0.3) is 6.08 Å². The van der Waals surface area contributed by atoms with Crippen LogP contribution in [0.1, 0.15) is 11.1 Å². The van der Waals surface area contributed by atoms with Crippen LogP contribution in [0.4, 0.5) is 5.69 Å². The smallest absolute Gasteiger partial charge is 0.248 e. The van der Waals surface area contributed by atoms with Crippen molar-refractivity contribution in [1.82, 2.24) is 0 Å². The van der Waals surface area contributed by atoms with E-state index in [9.17, 15) is 4.79 Å². The van der Waals surface area contributed by atoms with E-state index < -0.39 is 0 Å². The first-order valence-corrected chi connectivity index (χ1v) is 7.59. The second kappa shape index (κ2) is 6.96. The van der Waals surface area contributed by atoms with Crippen LogP contribution in [0, 0.1) is 6.92 Å². The molecule has 2 aromatic rings. The zero-order valence-electron chi connectivity index (χ0n) is 11.6. The molecule has 0 radical (unpaired) electrons. The first-order valence-electron chi connectivity index (χ1n) is 6.37. The van der Waals surface area contributed by atoms with Crippen LogP contribution in [0.15, 0.2) is 59.5 Å². The molecule has 2 aromatic carbocycles. The predicted molar refractivity (Wildman–Crippen MR) is 87.1 cm³/mol. The highest BCUT2D eigenvalue weighted by Gasteiger charge is 1.99. The van der Waals surface area contributed by atoms with E-state index in [-0.39, 0.29) is 5.91 Å². The first-order chi connectivity index (χ1) is 9.67. The third-order valence-corrected chi connectivity index (χ3v) is 3.53. The van der Waals surface area contributed by atoms with Crippen LogP contribution >= 0.6 is 11.8 Å². The fraction of sp³-hybridized carbons (Fsp3) is 0.118. The van der Waals surface area contributed by atoms with Gasteiger partial charge in [-0.1, -0.05) is 35.9 Å². The molecule has 0 bridgehead atoms. The van der Waals surface area contributed by atoms with Crippen molar-refractivity contribution in [3.8, 4) is 0 Å². The van der Waals surface area contributed by atoms with Crippen LogP contribution in [0.2, 0.25) is 0 Å². The van der Waals surface area contributed by atoms with Crippen LogP contribution in [-0.4, -0.2) is 12.2 Å². The number of anilines is 1. The third kappa shape index (κ3) is 4.28. The largest absolute Gasteiger partial charge is 0.322 e. The highest BCUT2D eigenvalue weighted by atomic mass is 32.2. The van der Waals surface area contributed by atoms with Gasteiger partial charge in [-0.2, -0.15) is 0 Å². The zero-order valence-corrected chi connectivity index (χ0v) is 12.4. The van der Waals surface area contributed by atoms with E-state index >= 15 is 0 Å². The predicted octanol–water partition coefficient (Wildman–Crippen LogP) is 4.37. The number of carbonyl (C=O) groups is 1. The van der Waals surface area contributed by atoms with Gasteiger partial charge in [-0.25, -0.2) is 0 Å². The van der Waals surface area contributed by atoms with Gasteiger partial charge in [0.15, 0.2) is 0 Å². The molecule has 0 saturated heterocycles. The average Bonchev–Trinajstić information content (AvgIpc) is 2.45. The molecule has 0 aromatic heterocycles. The minimum absolute atomic E-state index is 0.121. The van der Waals surface area contributed by atoms with E-state index in [1.54, 1.807) is 17.8 Å². The van der Waals surface area contributed by atoms with Gasteiger partial charge < -0.3 is 5.32 Å². The molecule has 20 heavy (non-hydrogen) atoms. The molecule has 0 fully saturated rings. The van der Waals surface area contributed by atoms with Crippen molar-refractivity contribution in [3.63, 3.8) is 0 Å². The van der Waals surface area contributed by atoms with Crippen molar-refractivity contribution in [2.75, 3.05) is 11.6 Å². The Bertz CT molecular complexity index is 634. The Kier molecular flexibility index (Phi) is 5.02. The summed E-state index contributed by atoms with van der Waals surface area (Å²) < 4.78 is 0. The summed E-state index contributed by atoms with van der Waals surface area (Å²) in [6, 6.07) is 15.8. The van der Waals surface area contributed by atoms with Crippen molar-refractivity contribution < 1.29 is 4.79 Å². The minimum atomic E-state index is -0.121. The van der Waals surface area contributed by atoms with E-state index in [1.807, 2.05) is 67.8 Å². The van der Waals surface area contributed by atoms with Crippen molar-refractivity contribution >= 4 is 29.4 Å². The van der Waals surface area contributed by atoms with Crippen molar-refractivity contribution in [1.29, 1.82) is 0 Å². The van der Waals surface area contributed by atoms with Gasteiger partial charge in [0.2, 0.25) is 5.91 Å². The highest BCUT2D eigenvalue weighted by molar-refractivity contribution is 7.98. The number of hydrogen-bond acceptors (Lipinski definition) is 2. The number of hydrogen-bond donors (Lipinski definition) is 1. The molecule has 0 spiro atoms. The van der Waals surface area contributed by atoms with Gasteiger partial charge in [0.05, 0.1) is 0 Å². The van der Waals surface area contributed by atoms with Crippen LogP contribution in [0.3, 0.4) is 0 Å². The summed E-state index contributed by atoms with van der Waals surface area (Å²) in [6.45, 7) is 2.03. The maximum Gasteiger partial charge on any atom is 0.248 e. The standard InChI is InChI=1S/C17H17NOS/c1-13-5-3-6-14(11-13)9-10-17(19)18-15-7-4-8-16(12-15)20-2/h3-12H,1-2H3,(H,18,19)/b10-9+. The lowest BCUT2D eigenvalue weighted by molar-refractivity contribution is -0.111. The van der Waals surface area contributed by atoms with Gasteiger partial charge >= 0.3 is 0 Å². The fourth-order valence-corrected chi connectivity index (χ4v) is 2.29. The molecule has 1 N–H and O–H groups in total. The minimum Gasteiger partial charge on any atom is -0.322 e. The van der Waals surface area contributed by atoms with E-state index in [4.69, 9.17) is 0 Å². The molecule has 0 aliphatic heterocycles. The molecule has 3 heteroatoms. The molecule has 2 rings (SSSR count). The first kappa shape index (κ1) is 14.4. The highest BCUT2D eigenvalue weighted by Crippen LogP contribution is 2.18. The van der Waals surface area contributed by atoms with Gasteiger partial charge in [0, 0.05) is 16.7 Å².